The molecule has 10 heteroatoms. The SMILES string of the molecule is CC1(C)C2C(=O)N(Cc3cc4c(-c5cc(Cl)ccc5N5CC[C@H](N)C5)ncnn4c3)C(=O)C21.Cl. The highest BCUT2D eigenvalue weighted by molar-refractivity contribution is 6.31. The van der Waals surface area contributed by atoms with Gasteiger partial charge in [0.1, 0.15) is 6.33 Å². The number of anilines is 1. The molecule has 1 saturated carbocycles. The summed E-state index contributed by atoms with van der Waals surface area (Å²) in [6.45, 7) is 5.87. The van der Waals surface area contributed by atoms with Crippen molar-refractivity contribution in [3.05, 3.63) is 47.4 Å². The number of likely N-dealkylation sites (tertiary alicyclic amines) is 1. The standard InChI is InChI=1S/C24H25ClN6O2.ClH/c1-24(2)19-20(24)23(33)30(22(19)32)9-13-7-18-21(27-12-28-31(18)10-13)16-8-14(25)3-4-17(16)29-6-5-15(26)11-29;/h3-4,7-8,10,12,15,19-20H,5-6,9,11,26H2,1-2H3;1H/t15-,19?,20?;/m0./s1. The lowest BCUT2D eigenvalue weighted by Gasteiger charge is -2.22. The van der Waals surface area contributed by atoms with Gasteiger partial charge in [0.25, 0.3) is 0 Å². The molecule has 3 atom stereocenters. The molecule has 178 valence electrons. The summed E-state index contributed by atoms with van der Waals surface area (Å²) in [5.74, 6) is -0.505. The van der Waals surface area contributed by atoms with Gasteiger partial charge in [0.2, 0.25) is 11.8 Å². The molecule has 0 spiro atoms. The second kappa shape index (κ2) is 7.93. The molecule has 3 aliphatic rings. The van der Waals surface area contributed by atoms with Gasteiger partial charge in [0, 0.05) is 41.6 Å². The number of hydrogen-bond donors (Lipinski definition) is 1. The second-order valence-electron chi connectivity index (χ2n) is 9.98. The summed E-state index contributed by atoms with van der Waals surface area (Å²) < 4.78 is 1.74. The van der Waals surface area contributed by atoms with Crippen LogP contribution in [0.1, 0.15) is 25.8 Å². The Morgan fingerprint density at radius 3 is 2.59 bits per heavy atom. The predicted molar refractivity (Wildman–Crippen MR) is 132 cm³/mol. The maximum absolute atomic E-state index is 12.8. The van der Waals surface area contributed by atoms with Crippen LogP contribution in [0.3, 0.4) is 0 Å². The number of carbonyl (C=O) groups is 2. The largest absolute Gasteiger partial charge is 0.369 e. The normalized spacial score (nSPS) is 25.1. The van der Waals surface area contributed by atoms with Crippen LogP contribution in [-0.2, 0) is 16.1 Å². The van der Waals surface area contributed by atoms with Crippen LogP contribution in [0.5, 0.6) is 0 Å². The number of rotatable bonds is 4. The number of carbonyl (C=O) groups excluding carboxylic acids is 2. The van der Waals surface area contributed by atoms with Crippen LogP contribution in [0, 0.1) is 17.3 Å². The number of halogens is 2. The minimum atomic E-state index is -0.212. The smallest absolute Gasteiger partial charge is 0.233 e. The van der Waals surface area contributed by atoms with E-state index < -0.39 is 0 Å². The Hall–Kier alpha value is -2.68. The number of fused-ring (bicyclic) bond motifs is 2. The average Bonchev–Trinajstić information content (AvgIpc) is 3.16. The van der Waals surface area contributed by atoms with Crippen molar-refractivity contribution in [3.63, 3.8) is 0 Å². The zero-order valence-electron chi connectivity index (χ0n) is 18.9. The Morgan fingerprint density at radius 2 is 1.91 bits per heavy atom. The fourth-order valence-corrected chi connectivity index (χ4v) is 5.77. The van der Waals surface area contributed by atoms with Crippen LogP contribution in [0.4, 0.5) is 5.69 Å². The summed E-state index contributed by atoms with van der Waals surface area (Å²) >= 11 is 6.37. The Labute approximate surface area is 208 Å². The van der Waals surface area contributed by atoms with E-state index in [1.54, 1.807) is 4.52 Å². The quantitative estimate of drug-likeness (QED) is 0.552. The first-order valence-corrected chi connectivity index (χ1v) is 11.6. The molecule has 0 bridgehead atoms. The van der Waals surface area contributed by atoms with Gasteiger partial charge >= 0.3 is 0 Å². The van der Waals surface area contributed by atoms with Crippen molar-refractivity contribution < 1.29 is 9.59 Å². The maximum atomic E-state index is 12.8. The van der Waals surface area contributed by atoms with E-state index >= 15 is 0 Å². The number of nitrogens with two attached hydrogens (primary N) is 1. The highest BCUT2D eigenvalue weighted by Crippen LogP contribution is 2.63. The van der Waals surface area contributed by atoms with Gasteiger partial charge in [-0.15, -0.1) is 12.4 Å². The van der Waals surface area contributed by atoms with Crippen LogP contribution < -0.4 is 10.6 Å². The van der Waals surface area contributed by atoms with Gasteiger partial charge in [0.05, 0.1) is 29.6 Å². The van der Waals surface area contributed by atoms with Gasteiger partial charge in [-0.25, -0.2) is 9.50 Å². The van der Waals surface area contributed by atoms with Crippen LogP contribution in [0.25, 0.3) is 16.8 Å². The van der Waals surface area contributed by atoms with E-state index in [-0.39, 0.29) is 54.1 Å². The molecule has 2 N–H and O–H groups in total. The Bertz CT molecular complexity index is 1300. The first-order chi connectivity index (χ1) is 15.8. The number of amides is 2. The number of aromatic nitrogens is 3. The van der Waals surface area contributed by atoms with Crippen molar-refractivity contribution in [1.29, 1.82) is 0 Å². The minimum absolute atomic E-state index is 0. The van der Waals surface area contributed by atoms with Gasteiger partial charge in [-0.1, -0.05) is 25.4 Å². The lowest BCUT2D eigenvalue weighted by atomic mass is 10.1. The molecule has 2 aromatic heterocycles. The highest BCUT2D eigenvalue weighted by Gasteiger charge is 2.72. The first kappa shape index (κ1) is 23.1. The van der Waals surface area contributed by atoms with E-state index in [4.69, 9.17) is 17.3 Å². The number of imide groups is 1. The predicted octanol–water partition coefficient (Wildman–Crippen LogP) is 3.15. The maximum Gasteiger partial charge on any atom is 0.233 e. The first-order valence-electron chi connectivity index (χ1n) is 11.2. The average molecular weight is 501 g/mol. The summed E-state index contributed by atoms with van der Waals surface area (Å²) in [6, 6.07) is 7.90. The van der Waals surface area contributed by atoms with Gasteiger partial charge < -0.3 is 10.6 Å². The molecule has 4 heterocycles. The molecule has 2 amide bonds. The summed E-state index contributed by atoms with van der Waals surface area (Å²) in [4.78, 5) is 33.8. The molecule has 34 heavy (non-hydrogen) atoms. The van der Waals surface area contributed by atoms with Gasteiger partial charge in [-0.2, -0.15) is 5.10 Å². The van der Waals surface area contributed by atoms with Crippen molar-refractivity contribution in [2.75, 3.05) is 18.0 Å². The molecule has 1 aliphatic carbocycles. The molecule has 3 aromatic rings. The van der Waals surface area contributed by atoms with Crippen LogP contribution >= 0.6 is 24.0 Å². The second-order valence-corrected chi connectivity index (χ2v) is 10.4. The molecule has 6 rings (SSSR count). The van der Waals surface area contributed by atoms with Gasteiger partial charge in [0.15, 0.2) is 0 Å². The number of piperidine rings is 1. The highest BCUT2D eigenvalue weighted by atomic mass is 35.5. The zero-order chi connectivity index (χ0) is 23.1. The third-order valence-corrected chi connectivity index (χ3v) is 7.71. The minimum Gasteiger partial charge on any atom is -0.369 e. The van der Waals surface area contributed by atoms with Crippen LogP contribution in [0.2, 0.25) is 5.02 Å². The molecule has 8 nitrogen and oxygen atoms in total. The van der Waals surface area contributed by atoms with Gasteiger partial charge in [-0.3, -0.25) is 14.5 Å². The number of nitrogens with zero attached hydrogens (tertiary/aromatic N) is 5. The van der Waals surface area contributed by atoms with E-state index in [0.717, 1.165) is 47.5 Å². The molecule has 3 fully saturated rings. The number of benzene rings is 1. The third-order valence-electron chi connectivity index (χ3n) is 7.47. The summed E-state index contributed by atoms with van der Waals surface area (Å²) in [5, 5.41) is 4.98. The van der Waals surface area contributed by atoms with E-state index in [0.29, 0.717) is 5.02 Å². The Kier molecular flexibility index (Phi) is 5.39. The fourth-order valence-electron chi connectivity index (χ4n) is 5.60. The molecule has 0 radical (unpaired) electrons. The topological polar surface area (TPSA) is 96.8 Å². The summed E-state index contributed by atoms with van der Waals surface area (Å²) in [7, 11) is 0. The summed E-state index contributed by atoms with van der Waals surface area (Å²) in [5.41, 5.74) is 10.3. The van der Waals surface area contributed by atoms with E-state index in [2.05, 4.69) is 15.0 Å². The molecule has 2 unspecified atom stereocenters. The van der Waals surface area contributed by atoms with Crippen LogP contribution in [-0.4, -0.2) is 50.4 Å². The third kappa shape index (κ3) is 3.39. The lowest BCUT2D eigenvalue weighted by Crippen LogP contribution is -2.35. The molecule has 2 saturated heterocycles. The zero-order valence-corrected chi connectivity index (χ0v) is 20.5. The number of hydrogen-bond acceptors (Lipinski definition) is 6. The molecular weight excluding hydrogens is 475 g/mol. The Morgan fingerprint density at radius 1 is 1.18 bits per heavy atom. The van der Waals surface area contributed by atoms with Crippen molar-refractivity contribution >= 4 is 47.0 Å². The lowest BCUT2D eigenvalue weighted by molar-refractivity contribution is -0.143. The molecular formula is C24H26Cl2N6O2. The van der Waals surface area contributed by atoms with Crippen LogP contribution in [0.15, 0.2) is 36.8 Å². The fraction of sp³-hybridized carbons (Fsp3) is 0.417. The monoisotopic (exact) mass is 500 g/mol. The van der Waals surface area contributed by atoms with Gasteiger partial charge in [-0.05, 0) is 41.7 Å². The summed E-state index contributed by atoms with van der Waals surface area (Å²) in [6.07, 6.45) is 4.30. The van der Waals surface area contributed by atoms with Crippen molar-refractivity contribution in [2.45, 2.75) is 32.9 Å². The van der Waals surface area contributed by atoms with Crippen molar-refractivity contribution in [1.82, 2.24) is 19.5 Å². The van der Waals surface area contributed by atoms with E-state index in [9.17, 15) is 9.59 Å². The van der Waals surface area contributed by atoms with E-state index in [1.165, 1.54) is 11.2 Å². The molecule has 1 aromatic carbocycles. The van der Waals surface area contributed by atoms with Crippen molar-refractivity contribution in [3.8, 4) is 11.3 Å². The van der Waals surface area contributed by atoms with E-state index in [1.807, 2.05) is 44.3 Å². The Balaban J connectivity index is 0.00000241. The molecule has 2 aliphatic heterocycles. The van der Waals surface area contributed by atoms with Crippen molar-refractivity contribution in [2.24, 2.45) is 23.0 Å².